The lowest BCUT2D eigenvalue weighted by Crippen LogP contribution is -2.34. The van der Waals surface area contributed by atoms with Crippen LogP contribution in [0.15, 0.2) is 23.1 Å². The van der Waals surface area contributed by atoms with E-state index in [-0.39, 0.29) is 36.9 Å². The highest BCUT2D eigenvalue weighted by molar-refractivity contribution is 7.89. The first-order chi connectivity index (χ1) is 10.8. The van der Waals surface area contributed by atoms with Gasteiger partial charge in [0.1, 0.15) is 0 Å². The van der Waals surface area contributed by atoms with E-state index in [9.17, 15) is 23.3 Å². The van der Waals surface area contributed by atoms with E-state index in [1.54, 1.807) is 6.92 Å². The summed E-state index contributed by atoms with van der Waals surface area (Å²) in [6.45, 7) is 3.59. The van der Waals surface area contributed by atoms with Crippen LogP contribution < -0.4 is 0 Å². The number of nitrogens with zero attached hydrogens (tertiary/aromatic N) is 3. The highest BCUT2D eigenvalue weighted by Gasteiger charge is 2.34. The monoisotopic (exact) mass is 343 g/mol. The molecular formula is C13H17N3O6S. The molecule has 0 radical (unpaired) electrons. The quantitative estimate of drug-likeness (QED) is 0.602. The second kappa shape index (κ2) is 6.50. The van der Waals surface area contributed by atoms with Crippen molar-refractivity contribution in [2.24, 2.45) is 0 Å². The van der Waals surface area contributed by atoms with Crippen LogP contribution in [0.5, 0.6) is 0 Å². The van der Waals surface area contributed by atoms with Crippen molar-refractivity contribution in [1.29, 1.82) is 0 Å². The van der Waals surface area contributed by atoms with Crippen LogP contribution in [0.25, 0.3) is 0 Å². The van der Waals surface area contributed by atoms with Crippen LogP contribution in [0, 0.1) is 17.0 Å². The van der Waals surface area contributed by atoms with Crippen LogP contribution in [0.1, 0.15) is 12.5 Å². The Hall–Kier alpha value is -2.20. The van der Waals surface area contributed by atoms with Gasteiger partial charge in [0.15, 0.2) is 0 Å². The van der Waals surface area contributed by atoms with Gasteiger partial charge in [0.05, 0.1) is 23.1 Å². The van der Waals surface area contributed by atoms with Crippen molar-refractivity contribution in [3.8, 4) is 0 Å². The van der Waals surface area contributed by atoms with E-state index in [0.29, 0.717) is 5.56 Å². The van der Waals surface area contributed by atoms with Gasteiger partial charge in [0.25, 0.3) is 5.69 Å². The summed E-state index contributed by atoms with van der Waals surface area (Å²) in [5.74, 6) is 0. The molecule has 126 valence electrons. The standard InChI is InChI=1S/C13H17N3O6S/c1-3-22-13(17)14-6-7-15(9-14)23(20,21)11-5-4-10(2)12(8-11)16(18)19/h4-5,8H,3,6-7,9H2,1-2H3. The molecule has 0 aliphatic carbocycles. The number of ether oxygens (including phenoxy) is 1. The Morgan fingerprint density at radius 1 is 1.39 bits per heavy atom. The number of carbonyl (C=O) groups excluding carboxylic acids is 1. The molecule has 1 amide bonds. The van der Waals surface area contributed by atoms with E-state index in [4.69, 9.17) is 4.74 Å². The van der Waals surface area contributed by atoms with Gasteiger partial charge in [0, 0.05) is 24.7 Å². The normalized spacial score (nSPS) is 15.7. The van der Waals surface area contributed by atoms with Gasteiger partial charge >= 0.3 is 6.09 Å². The molecule has 0 atom stereocenters. The van der Waals surface area contributed by atoms with Gasteiger partial charge in [-0.15, -0.1) is 0 Å². The lowest BCUT2D eigenvalue weighted by molar-refractivity contribution is -0.385. The average Bonchev–Trinajstić information content (AvgIpc) is 2.98. The third kappa shape index (κ3) is 3.42. The number of nitro benzene ring substituents is 1. The Bertz CT molecular complexity index is 733. The van der Waals surface area contributed by atoms with Gasteiger partial charge in [0.2, 0.25) is 10.0 Å². The van der Waals surface area contributed by atoms with Crippen LogP contribution in [-0.4, -0.2) is 55.0 Å². The molecule has 0 saturated carbocycles. The lowest BCUT2D eigenvalue weighted by atomic mass is 10.2. The van der Waals surface area contributed by atoms with E-state index in [1.807, 2.05) is 0 Å². The highest BCUT2D eigenvalue weighted by Crippen LogP contribution is 2.25. The molecule has 1 fully saturated rings. The van der Waals surface area contributed by atoms with Crippen molar-refractivity contribution in [3.05, 3.63) is 33.9 Å². The molecule has 10 heteroatoms. The second-order valence-electron chi connectivity index (χ2n) is 4.99. The molecule has 2 rings (SSSR count). The summed E-state index contributed by atoms with van der Waals surface area (Å²) in [5, 5.41) is 11.0. The Morgan fingerprint density at radius 2 is 2.09 bits per heavy atom. The molecule has 0 N–H and O–H groups in total. The molecule has 1 aliphatic rings. The van der Waals surface area contributed by atoms with E-state index >= 15 is 0 Å². The van der Waals surface area contributed by atoms with Gasteiger partial charge in [-0.25, -0.2) is 13.2 Å². The Morgan fingerprint density at radius 3 is 2.70 bits per heavy atom. The maximum Gasteiger partial charge on any atom is 0.410 e. The number of hydrogen-bond donors (Lipinski definition) is 0. The Balaban J connectivity index is 2.25. The number of carbonyl (C=O) groups is 1. The summed E-state index contributed by atoms with van der Waals surface area (Å²) in [6.07, 6.45) is -0.583. The number of rotatable bonds is 4. The number of benzene rings is 1. The van der Waals surface area contributed by atoms with Gasteiger partial charge in [-0.05, 0) is 19.9 Å². The molecule has 23 heavy (non-hydrogen) atoms. The highest BCUT2D eigenvalue weighted by atomic mass is 32.2. The average molecular weight is 343 g/mol. The predicted molar refractivity (Wildman–Crippen MR) is 80.3 cm³/mol. The molecule has 1 aromatic carbocycles. The van der Waals surface area contributed by atoms with Gasteiger partial charge < -0.3 is 4.74 Å². The molecule has 0 bridgehead atoms. The maximum atomic E-state index is 12.6. The van der Waals surface area contributed by atoms with Crippen LogP contribution in [0.3, 0.4) is 0 Å². The molecule has 1 aliphatic heterocycles. The first-order valence-electron chi connectivity index (χ1n) is 6.94. The van der Waals surface area contributed by atoms with E-state index in [2.05, 4.69) is 0 Å². The first kappa shape index (κ1) is 17.2. The van der Waals surface area contributed by atoms with Crippen LogP contribution in [-0.2, 0) is 14.8 Å². The zero-order valence-corrected chi connectivity index (χ0v) is 13.6. The SMILES string of the molecule is CCOC(=O)N1CCN(S(=O)(=O)c2ccc(C)c([N+](=O)[O-])c2)C1. The summed E-state index contributed by atoms with van der Waals surface area (Å²) >= 11 is 0. The zero-order valence-electron chi connectivity index (χ0n) is 12.8. The fourth-order valence-corrected chi connectivity index (χ4v) is 3.63. The number of aryl methyl sites for hydroxylation is 1. The number of amides is 1. The molecular weight excluding hydrogens is 326 g/mol. The largest absolute Gasteiger partial charge is 0.450 e. The van der Waals surface area contributed by atoms with E-state index < -0.39 is 21.0 Å². The summed E-state index contributed by atoms with van der Waals surface area (Å²) in [6, 6.07) is 3.76. The van der Waals surface area contributed by atoms with Crippen LogP contribution in [0.2, 0.25) is 0 Å². The van der Waals surface area contributed by atoms with Gasteiger partial charge in [-0.2, -0.15) is 4.31 Å². The molecule has 1 heterocycles. The first-order valence-corrected chi connectivity index (χ1v) is 8.38. The van der Waals surface area contributed by atoms with Crippen molar-refractivity contribution >= 4 is 21.8 Å². The Kier molecular flexibility index (Phi) is 4.85. The van der Waals surface area contributed by atoms with Crippen molar-refractivity contribution in [3.63, 3.8) is 0 Å². The van der Waals surface area contributed by atoms with E-state index in [0.717, 1.165) is 10.4 Å². The molecule has 1 saturated heterocycles. The summed E-state index contributed by atoms with van der Waals surface area (Å²) in [7, 11) is -3.91. The molecule has 0 aromatic heterocycles. The number of hydrogen-bond acceptors (Lipinski definition) is 6. The van der Waals surface area contributed by atoms with Gasteiger partial charge in [-0.3, -0.25) is 15.0 Å². The summed E-state index contributed by atoms with van der Waals surface area (Å²) in [5.41, 5.74) is 0.121. The minimum absolute atomic E-state index is 0.114. The third-order valence-corrected chi connectivity index (χ3v) is 5.32. The zero-order chi connectivity index (χ0) is 17.2. The minimum atomic E-state index is -3.91. The molecule has 1 aromatic rings. The fraction of sp³-hybridized carbons (Fsp3) is 0.462. The molecule has 9 nitrogen and oxygen atoms in total. The number of nitro groups is 1. The smallest absolute Gasteiger partial charge is 0.410 e. The molecule has 0 unspecified atom stereocenters. The van der Waals surface area contributed by atoms with Crippen LogP contribution in [0.4, 0.5) is 10.5 Å². The van der Waals surface area contributed by atoms with E-state index in [1.165, 1.54) is 24.0 Å². The topological polar surface area (TPSA) is 110 Å². The van der Waals surface area contributed by atoms with Crippen molar-refractivity contribution in [2.75, 3.05) is 26.4 Å². The second-order valence-corrected chi connectivity index (χ2v) is 6.93. The summed E-state index contributed by atoms with van der Waals surface area (Å²) in [4.78, 5) is 23.1. The van der Waals surface area contributed by atoms with Crippen molar-refractivity contribution in [1.82, 2.24) is 9.21 Å². The van der Waals surface area contributed by atoms with Crippen molar-refractivity contribution in [2.45, 2.75) is 18.7 Å². The van der Waals surface area contributed by atoms with Crippen molar-refractivity contribution < 1.29 is 22.9 Å². The summed E-state index contributed by atoms with van der Waals surface area (Å²) < 4.78 is 31.1. The lowest BCUT2D eigenvalue weighted by Gasteiger charge is -2.18. The Labute approximate surface area is 133 Å². The van der Waals surface area contributed by atoms with Gasteiger partial charge in [-0.1, -0.05) is 6.07 Å². The number of sulfonamides is 1. The predicted octanol–water partition coefficient (Wildman–Crippen LogP) is 1.32. The maximum absolute atomic E-state index is 12.6. The van der Waals surface area contributed by atoms with Crippen LogP contribution >= 0.6 is 0 Å². The minimum Gasteiger partial charge on any atom is -0.450 e. The third-order valence-electron chi connectivity index (χ3n) is 3.49. The molecule has 0 spiro atoms. The fourth-order valence-electron chi connectivity index (χ4n) is 2.22.